The standard InChI is InChI=1S/C21H25.C19H25.C13H10.Hf/c1-20(2,3)16-7-9-18-14(12-16)11-15-13-17(21(4,5)6)8-10-19(15)18;1-18(2,3)16-11-15(14-9-7-8-10-14)12-17(13-16)19(4,5)6;1-3-7-12(8-4-1)11-13-9-5-2-6-10-13;/h7-13H,1-6H3;7-13H,1-6H3;1-10H;. The van der Waals surface area contributed by atoms with E-state index >= 15 is 0 Å². The summed E-state index contributed by atoms with van der Waals surface area (Å²) in [7, 11) is 0. The molecule has 276 valence electrons. The third-order valence-corrected chi connectivity index (χ3v) is 24.6. The fourth-order valence-electron chi connectivity index (χ4n) is 8.40. The van der Waals surface area contributed by atoms with Crippen LogP contribution >= 0.6 is 0 Å². The second-order valence-corrected chi connectivity index (χ2v) is 29.3. The number of fused-ring (bicyclic) bond motifs is 3. The molecule has 0 heterocycles. The molecule has 0 N–H and O–H groups in total. The molecular formula is C53H60Hf. The van der Waals surface area contributed by atoms with Gasteiger partial charge in [-0.2, -0.15) is 0 Å². The van der Waals surface area contributed by atoms with Crippen LogP contribution in [0, 0.1) is 0 Å². The molecule has 5 aromatic carbocycles. The molecule has 0 spiro atoms. The predicted octanol–water partition coefficient (Wildman–Crippen LogP) is 14.3. The van der Waals surface area contributed by atoms with Crippen LogP contribution in [0.15, 0.2) is 133 Å². The SMILES string of the molecule is CC(C)(C)c1cc(C2=CC=C[CH]2[Hf](=[C](c2ccccc2)c2ccccc2)[CH]2c3cc(C(C)(C)C)ccc3-c3ccc(C(C)(C)C)cc32)cc(C(C)(C)C)c1. The summed E-state index contributed by atoms with van der Waals surface area (Å²) in [6.07, 6.45) is 7.49. The van der Waals surface area contributed by atoms with Crippen LogP contribution in [0.25, 0.3) is 16.7 Å². The number of benzene rings is 5. The first-order valence-electron chi connectivity index (χ1n) is 20.0. The minimum atomic E-state index is -3.30. The summed E-state index contributed by atoms with van der Waals surface area (Å²) in [6.45, 7) is 28.4. The summed E-state index contributed by atoms with van der Waals surface area (Å²) in [4.78, 5) is 0. The van der Waals surface area contributed by atoms with E-state index in [1.54, 1.807) is 14.4 Å². The molecule has 5 aromatic rings. The van der Waals surface area contributed by atoms with Gasteiger partial charge in [0.25, 0.3) is 0 Å². The zero-order valence-corrected chi connectivity index (χ0v) is 38.4. The van der Waals surface area contributed by atoms with E-state index in [9.17, 15) is 0 Å². The van der Waals surface area contributed by atoms with Crippen molar-refractivity contribution in [3.8, 4) is 11.1 Å². The van der Waals surface area contributed by atoms with E-state index in [-0.39, 0.29) is 21.7 Å². The van der Waals surface area contributed by atoms with Crippen molar-refractivity contribution in [2.75, 3.05) is 0 Å². The van der Waals surface area contributed by atoms with Gasteiger partial charge in [-0.25, -0.2) is 0 Å². The third kappa shape index (κ3) is 7.47. The minimum absolute atomic E-state index is 0.0441. The van der Waals surface area contributed by atoms with Gasteiger partial charge in [-0.05, 0) is 0 Å². The first-order valence-corrected chi connectivity index (χ1v) is 26.0. The Morgan fingerprint density at radius 2 is 0.889 bits per heavy atom. The van der Waals surface area contributed by atoms with E-state index < -0.39 is 21.0 Å². The second kappa shape index (κ2) is 14.1. The van der Waals surface area contributed by atoms with Gasteiger partial charge < -0.3 is 0 Å². The topological polar surface area (TPSA) is 0 Å². The van der Waals surface area contributed by atoms with Gasteiger partial charge in [0, 0.05) is 0 Å². The van der Waals surface area contributed by atoms with Crippen LogP contribution in [0.1, 0.15) is 137 Å². The normalized spacial score (nSPS) is 15.9. The molecule has 0 fully saturated rings. The molecule has 54 heavy (non-hydrogen) atoms. The van der Waals surface area contributed by atoms with Gasteiger partial charge in [0.1, 0.15) is 0 Å². The molecule has 0 aromatic heterocycles. The fourth-order valence-corrected chi connectivity index (χ4v) is 22.9. The molecule has 1 unspecified atom stereocenters. The van der Waals surface area contributed by atoms with Crippen LogP contribution < -0.4 is 0 Å². The van der Waals surface area contributed by atoms with Crippen LogP contribution in [-0.2, 0) is 42.6 Å². The molecule has 0 saturated heterocycles. The summed E-state index contributed by atoms with van der Waals surface area (Å²) in [5.74, 6) is 0. The Balaban J connectivity index is 1.61. The average molecular weight is 876 g/mol. The summed E-state index contributed by atoms with van der Waals surface area (Å²) >= 11 is -3.30. The van der Waals surface area contributed by atoms with Crippen molar-refractivity contribution in [3.63, 3.8) is 0 Å². The van der Waals surface area contributed by atoms with E-state index in [2.05, 4.69) is 217 Å². The van der Waals surface area contributed by atoms with Crippen LogP contribution in [0.4, 0.5) is 0 Å². The molecule has 0 nitrogen and oxygen atoms in total. The van der Waals surface area contributed by atoms with E-state index in [4.69, 9.17) is 0 Å². The van der Waals surface area contributed by atoms with Crippen molar-refractivity contribution in [2.45, 2.75) is 112 Å². The Kier molecular flexibility index (Phi) is 10.1. The molecule has 7 rings (SSSR count). The third-order valence-electron chi connectivity index (χ3n) is 11.7. The molecule has 0 radical (unpaired) electrons. The molecule has 0 saturated carbocycles. The van der Waals surface area contributed by atoms with Crippen LogP contribution in [0.2, 0.25) is 3.67 Å². The van der Waals surface area contributed by atoms with Gasteiger partial charge in [-0.15, -0.1) is 0 Å². The van der Waals surface area contributed by atoms with Crippen LogP contribution in [0.3, 0.4) is 0 Å². The van der Waals surface area contributed by atoms with E-state index in [0.29, 0.717) is 7.35 Å². The molecule has 0 bridgehead atoms. The van der Waals surface area contributed by atoms with Crippen molar-refractivity contribution in [2.24, 2.45) is 0 Å². The fraction of sp³-hybridized carbons (Fsp3) is 0.340. The monoisotopic (exact) mass is 876 g/mol. The summed E-state index contributed by atoms with van der Waals surface area (Å²) in [5.41, 5.74) is 17.5. The van der Waals surface area contributed by atoms with Gasteiger partial charge in [0.2, 0.25) is 0 Å². The van der Waals surface area contributed by atoms with Crippen molar-refractivity contribution in [3.05, 3.63) is 184 Å². The Labute approximate surface area is 334 Å². The van der Waals surface area contributed by atoms with E-state index in [1.807, 2.05) is 0 Å². The first-order chi connectivity index (χ1) is 25.3. The average Bonchev–Trinajstić information content (AvgIpc) is 3.72. The molecule has 1 heteroatoms. The van der Waals surface area contributed by atoms with Gasteiger partial charge in [-0.3, -0.25) is 0 Å². The Hall–Kier alpha value is -3.68. The van der Waals surface area contributed by atoms with E-state index in [1.165, 1.54) is 55.6 Å². The summed E-state index contributed by atoms with van der Waals surface area (Å²) in [6, 6.07) is 45.4. The van der Waals surface area contributed by atoms with Crippen LogP contribution in [-0.4, -0.2) is 3.26 Å². The van der Waals surface area contributed by atoms with Gasteiger partial charge in [-0.1, -0.05) is 0 Å². The Bertz CT molecular complexity index is 2150. The molecule has 1 atom stereocenters. The quantitative estimate of drug-likeness (QED) is 0.154. The van der Waals surface area contributed by atoms with Gasteiger partial charge >= 0.3 is 337 Å². The second-order valence-electron chi connectivity index (χ2n) is 19.9. The molecule has 0 amide bonds. The summed E-state index contributed by atoms with van der Waals surface area (Å²) < 4.78 is 2.33. The maximum absolute atomic E-state index is 3.30. The Morgan fingerprint density at radius 1 is 0.463 bits per heavy atom. The summed E-state index contributed by atoms with van der Waals surface area (Å²) in [5, 5.41) is 0. The molecule has 2 aliphatic carbocycles. The molecular weight excluding hydrogens is 815 g/mol. The maximum atomic E-state index is 2.62. The van der Waals surface area contributed by atoms with Gasteiger partial charge in [0.15, 0.2) is 0 Å². The van der Waals surface area contributed by atoms with Crippen LogP contribution in [0.5, 0.6) is 0 Å². The number of rotatable bonds is 5. The van der Waals surface area contributed by atoms with Crippen molar-refractivity contribution in [1.29, 1.82) is 0 Å². The molecule has 2 aliphatic rings. The van der Waals surface area contributed by atoms with Crippen molar-refractivity contribution in [1.82, 2.24) is 0 Å². The predicted molar refractivity (Wildman–Crippen MR) is 232 cm³/mol. The number of hydrogen-bond donors (Lipinski definition) is 0. The van der Waals surface area contributed by atoms with Gasteiger partial charge in [0.05, 0.1) is 0 Å². The first kappa shape index (κ1) is 38.6. The van der Waals surface area contributed by atoms with E-state index in [0.717, 1.165) is 0 Å². The van der Waals surface area contributed by atoms with Crippen molar-refractivity contribution >= 4 is 8.83 Å². The zero-order valence-electron chi connectivity index (χ0n) is 34.9. The Morgan fingerprint density at radius 3 is 1.30 bits per heavy atom. The molecule has 0 aliphatic heterocycles. The zero-order chi connectivity index (χ0) is 38.8. The van der Waals surface area contributed by atoms with Crippen molar-refractivity contribution < 1.29 is 21.0 Å². The number of hydrogen-bond acceptors (Lipinski definition) is 0. The number of allylic oxidation sites excluding steroid dienone is 4.